The fourth-order valence-electron chi connectivity index (χ4n) is 1.44. The van der Waals surface area contributed by atoms with Gasteiger partial charge in [-0.1, -0.05) is 12.1 Å². The smallest absolute Gasteiger partial charge is 0.120 e. The number of hydrogen-bond donors (Lipinski definition) is 2. The number of nitrogens with two attached hydrogens (primary N) is 1. The van der Waals surface area contributed by atoms with Gasteiger partial charge in [0, 0.05) is 12.6 Å². The minimum Gasteiger partial charge on any atom is -0.488 e. The van der Waals surface area contributed by atoms with E-state index in [1.165, 1.54) is 0 Å². The minimum absolute atomic E-state index is 0. The minimum atomic E-state index is -0.186. The van der Waals surface area contributed by atoms with E-state index in [0.29, 0.717) is 6.42 Å². The summed E-state index contributed by atoms with van der Waals surface area (Å²) in [5.41, 5.74) is 6.72. The molecule has 0 heterocycles. The van der Waals surface area contributed by atoms with E-state index in [2.05, 4.69) is 0 Å². The molecule has 0 unspecified atom stereocenters. The molecular weight excluding hydrogens is 238 g/mol. The Morgan fingerprint density at radius 3 is 2.18 bits per heavy atom. The van der Waals surface area contributed by atoms with E-state index in [0.717, 1.165) is 11.3 Å². The monoisotopic (exact) mass is 259 g/mol. The van der Waals surface area contributed by atoms with E-state index < -0.39 is 0 Å². The SMILES string of the molecule is CC(C)(C)Oc1ccc([C@@H](N)CCO)cc1.Cl. The molecule has 4 heteroatoms. The van der Waals surface area contributed by atoms with Crippen molar-refractivity contribution in [2.75, 3.05) is 6.61 Å². The van der Waals surface area contributed by atoms with Crippen molar-refractivity contribution in [3.8, 4) is 5.75 Å². The average Bonchev–Trinajstić information content (AvgIpc) is 2.16. The van der Waals surface area contributed by atoms with Gasteiger partial charge >= 0.3 is 0 Å². The maximum Gasteiger partial charge on any atom is 0.120 e. The second-order valence-corrected chi connectivity index (χ2v) is 4.90. The van der Waals surface area contributed by atoms with Crippen molar-refractivity contribution >= 4 is 12.4 Å². The summed E-state index contributed by atoms with van der Waals surface area (Å²) in [4.78, 5) is 0. The van der Waals surface area contributed by atoms with Crippen molar-refractivity contribution in [3.05, 3.63) is 29.8 Å². The zero-order valence-electron chi connectivity index (χ0n) is 10.6. The highest BCUT2D eigenvalue weighted by molar-refractivity contribution is 5.85. The van der Waals surface area contributed by atoms with E-state index in [4.69, 9.17) is 15.6 Å². The molecule has 0 aliphatic rings. The topological polar surface area (TPSA) is 55.5 Å². The Labute approximate surface area is 109 Å². The highest BCUT2D eigenvalue weighted by Crippen LogP contribution is 2.21. The lowest BCUT2D eigenvalue weighted by atomic mass is 10.1. The molecule has 0 aromatic heterocycles. The average molecular weight is 260 g/mol. The van der Waals surface area contributed by atoms with Gasteiger partial charge < -0.3 is 15.6 Å². The maximum atomic E-state index is 8.80. The van der Waals surface area contributed by atoms with Crippen LogP contribution in [0.4, 0.5) is 0 Å². The standard InChI is InChI=1S/C13H21NO2.ClH/c1-13(2,3)16-11-6-4-10(5-7-11)12(14)8-9-15;/h4-7,12,15H,8-9,14H2,1-3H3;1H/t12-;/m0./s1. The molecule has 0 saturated carbocycles. The third-order valence-electron chi connectivity index (χ3n) is 2.17. The Balaban J connectivity index is 0.00000256. The number of hydrogen-bond acceptors (Lipinski definition) is 3. The molecule has 1 rings (SSSR count). The number of aliphatic hydroxyl groups is 1. The summed E-state index contributed by atoms with van der Waals surface area (Å²) in [5, 5.41) is 8.80. The van der Waals surface area contributed by atoms with Crippen molar-refractivity contribution in [1.29, 1.82) is 0 Å². The lowest BCUT2D eigenvalue weighted by Gasteiger charge is -2.21. The number of aliphatic hydroxyl groups excluding tert-OH is 1. The molecule has 0 aliphatic carbocycles. The van der Waals surface area contributed by atoms with E-state index in [1.807, 2.05) is 45.0 Å². The maximum absolute atomic E-state index is 8.80. The van der Waals surface area contributed by atoms with Crippen LogP contribution >= 0.6 is 12.4 Å². The molecular formula is C13H22ClNO2. The van der Waals surface area contributed by atoms with Crippen LogP contribution in [-0.2, 0) is 0 Å². The van der Waals surface area contributed by atoms with Gasteiger partial charge in [0.05, 0.1) is 0 Å². The molecule has 1 aromatic rings. The summed E-state index contributed by atoms with van der Waals surface area (Å²) in [6.45, 7) is 6.15. The molecule has 0 aliphatic heterocycles. The Morgan fingerprint density at radius 2 is 1.76 bits per heavy atom. The highest BCUT2D eigenvalue weighted by Gasteiger charge is 2.12. The zero-order valence-corrected chi connectivity index (χ0v) is 11.5. The molecule has 17 heavy (non-hydrogen) atoms. The van der Waals surface area contributed by atoms with Crippen LogP contribution < -0.4 is 10.5 Å². The lowest BCUT2D eigenvalue weighted by molar-refractivity contribution is 0.131. The summed E-state index contributed by atoms with van der Waals surface area (Å²) >= 11 is 0. The Bertz CT molecular complexity index is 319. The second kappa shape index (κ2) is 6.84. The molecule has 0 bridgehead atoms. The molecule has 3 N–H and O–H groups in total. The first kappa shape index (κ1) is 16.2. The molecule has 3 nitrogen and oxygen atoms in total. The van der Waals surface area contributed by atoms with Crippen molar-refractivity contribution in [1.82, 2.24) is 0 Å². The van der Waals surface area contributed by atoms with Gasteiger partial charge in [-0.3, -0.25) is 0 Å². The molecule has 0 saturated heterocycles. The Kier molecular flexibility index (Phi) is 6.53. The summed E-state index contributed by atoms with van der Waals surface area (Å²) in [6, 6.07) is 7.62. The molecule has 1 aromatic carbocycles. The van der Waals surface area contributed by atoms with Crippen LogP contribution in [0.15, 0.2) is 24.3 Å². The van der Waals surface area contributed by atoms with Gasteiger partial charge in [0.2, 0.25) is 0 Å². The van der Waals surface area contributed by atoms with Gasteiger partial charge in [-0.25, -0.2) is 0 Å². The molecule has 98 valence electrons. The first-order valence-electron chi connectivity index (χ1n) is 5.58. The van der Waals surface area contributed by atoms with E-state index >= 15 is 0 Å². The van der Waals surface area contributed by atoms with Crippen LogP contribution in [0, 0.1) is 0 Å². The first-order valence-corrected chi connectivity index (χ1v) is 5.58. The third kappa shape index (κ3) is 5.91. The zero-order chi connectivity index (χ0) is 12.2. The van der Waals surface area contributed by atoms with Gasteiger partial charge in [-0.2, -0.15) is 0 Å². The fraction of sp³-hybridized carbons (Fsp3) is 0.538. The highest BCUT2D eigenvalue weighted by atomic mass is 35.5. The van der Waals surface area contributed by atoms with E-state index in [-0.39, 0.29) is 30.7 Å². The lowest BCUT2D eigenvalue weighted by Crippen LogP contribution is -2.23. The molecule has 0 radical (unpaired) electrons. The summed E-state index contributed by atoms with van der Waals surface area (Å²) < 4.78 is 5.71. The van der Waals surface area contributed by atoms with Gasteiger partial charge in [-0.15, -0.1) is 12.4 Å². The molecule has 0 amide bonds. The van der Waals surface area contributed by atoms with Crippen LogP contribution in [0.3, 0.4) is 0 Å². The van der Waals surface area contributed by atoms with Crippen LogP contribution in [-0.4, -0.2) is 17.3 Å². The Morgan fingerprint density at radius 1 is 1.24 bits per heavy atom. The van der Waals surface area contributed by atoms with Crippen molar-refractivity contribution < 1.29 is 9.84 Å². The van der Waals surface area contributed by atoms with Crippen LogP contribution in [0.1, 0.15) is 38.8 Å². The predicted molar refractivity (Wildman–Crippen MR) is 72.7 cm³/mol. The van der Waals surface area contributed by atoms with Crippen LogP contribution in [0.25, 0.3) is 0 Å². The van der Waals surface area contributed by atoms with Crippen LogP contribution in [0.2, 0.25) is 0 Å². The first-order chi connectivity index (χ1) is 7.42. The second-order valence-electron chi connectivity index (χ2n) is 4.90. The third-order valence-corrected chi connectivity index (χ3v) is 2.17. The number of halogens is 1. The van der Waals surface area contributed by atoms with Gasteiger partial charge in [0.1, 0.15) is 11.4 Å². The van der Waals surface area contributed by atoms with Gasteiger partial charge in [0.25, 0.3) is 0 Å². The molecule has 0 fully saturated rings. The summed E-state index contributed by atoms with van der Waals surface area (Å²) in [7, 11) is 0. The van der Waals surface area contributed by atoms with Crippen molar-refractivity contribution in [2.24, 2.45) is 5.73 Å². The largest absolute Gasteiger partial charge is 0.488 e. The van der Waals surface area contributed by atoms with Crippen molar-refractivity contribution in [2.45, 2.75) is 38.8 Å². The predicted octanol–water partition coefficient (Wildman–Crippen LogP) is 2.67. The van der Waals surface area contributed by atoms with Crippen LogP contribution in [0.5, 0.6) is 5.75 Å². The summed E-state index contributed by atoms with van der Waals surface area (Å²) in [5.74, 6) is 0.840. The van der Waals surface area contributed by atoms with E-state index in [1.54, 1.807) is 0 Å². The van der Waals surface area contributed by atoms with Gasteiger partial charge in [0.15, 0.2) is 0 Å². The quantitative estimate of drug-likeness (QED) is 0.874. The summed E-state index contributed by atoms with van der Waals surface area (Å²) in [6.07, 6.45) is 0.583. The normalized spacial score (nSPS) is 12.8. The number of ether oxygens (including phenoxy) is 1. The Hall–Kier alpha value is -0.770. The number of benzene rings is 1. The van der Waals surface area contributed by atoms with Crippen molar-refractivity contribution in [3.63, 3.8) is 0 Å². The molecule has 1 atom stereocenters. The van der Waals surface area contributed by atoms with Gasteiger partial charge in [-0.05, 0) is 44.9 Å². The number of rotatable bonds is 4. The molecule has 0 spiro atoms. The fourth-order valence-corrected chi connectivity index (χ4v) is 1.44. The van der Waals surface area contributed by atoms with E-state index in [9.17, 15) is 0 Å².